The van der Waals surface area contributed by atoms with Crippen LogP contribution >= 0.6 is 0 Å². The van der Waals surface area contributed by atoms with Gasteiger partial charge in [0.05, 0.1) is 13.7 Å². The Morgan fingerprint density at radius 3 is 2.67 bits per heavy atom. The fraction of sp³-hybridized carbons (Fsp3) is 0.214. The summed E-state index contributed by atoms with van der Waals surface area (Å²) in [6.07, 6.45) is 0. The van der Waals surface area contributed by atoms with E-state index in [9.17, 15) is 4.79 Å². The Labute approximate surface area is 105 Å². The number of hydrogen-bond acceptors (Lipinski definition) is 4. The lowest BCUT2D eigenvalue weighted by Gasteiger charge is -2.05. The van der Waals surface area contributed by atoms with Crippen LogP contribution in [0, 0.1) is 6.92 Å². The summed E-state index contributed by atoms with van der Waals surface area (Å²) in [7, 11) is 1.59. The summed E-state index contributed by atoms with van der Waals surface area (Å²) < 4.78 is 10.5. The zero-order valence-electron chi connectivity index (χ0n) is 10.4. The molecule has 0 unspecified atom stereocenters. The topological polar surface area (TPSA) is 65.5 Å². The van der Waals surface area contributed by atoms with Crippen molar-refractivity contribution in [3.8, 4) is 5.75 Å². The van der Waals surface area contributed by atoms with Gasteiger partial charge < -0.3 is 14.9 Å². The van der Waals surface area contributed by atoms with Gasteiger partial charge in [0.2, 0.25) is 5.78 Å². The van der Waals surface area contributed by atoms with Crippen LogP contribution in [-0.4, -0.2) is 12.9 Å². The van der Waals surface area contributed by atoms with Crippen molar-refractivity contribution in [1.82, 2.24) is 0 Å². The Balaban J connectivity index is 2.33. The zero-order valence-corrected chi connectivity index (χ0v) is 10.4. The molecule has 0 aliphatic rings. The summed E-state index contributed by atoms with van der Waals surface area (Å²) in [4.78, 5) is 12.2. The fourth-order valence-corrected chi connectivity index (χ4v) is 1.76. The van der Waals surface area contributed by atoms with E-state index in [-0.39, 0.29) is 12.3 Å². The minimum absolute atomic E-state index is 0.144. The monoisotopic (exact) mass is 245 g/mol. The van der Waals surface area contributed by atoms with Gasteiger partial charge in [0.25, 0.3) is 0 Å². The molecule has 0 saturated carbocycles. The number of benzene rings is 1. The first-order valence-electron chi connectivity index (χ1n) is 5.64. The quantitative estimate of drug-likeness (QED) is 0.839. The molecule has 1 heterocycles. The van der Waals surface area contributed by atoms with Crippen LogP contribution < -0.4 is 10.5 Å². The zero-order chi connectivity index (χ0) is 13.1. The molecule has 0 amide bonds. The van der Waals surface area contributed by atoms with Crippen molar-refractivity contribution in [3.63, 3.8) is 0 Å². The van der Waals surface area contributed by atoms with Crippen molar-refractivity contribution in [2.75, 3.05) is 7.11 Å². The molecule has 0 saturated heterocycles. The van der Waals surface area contributed by atoms with E-state index in [0.717, 1.165) is 11.3 Å². The van der Waals surface area contributed by atoms with Crippen molar-refractivity contribution in [2.45, 2.75) is 13.5 Å². The van der Waals surface area contributed by atoms with Gasteiger partial charge in [-0.15, -0.1) is 0 Å². The average Bonchev–Trinajstić information content (AvgIpc) is 2.86. The third kappa shape index (κ3) is 2.28. The predicted molar refractivity (Wildman–Crippen MR) is 67.8 cm³/mol. The van der Waals surface area contributed by atoms with Crippen LogP contribution in [0.4, 0.5) is 0 Å². The first-order chi connectivity index (χ1) is 8.65. The van der Waals surface area contributed by atoms with Gasteiger partial charge >= 0.3 is 0 Å². The maximum absolute atomic E-state index is 12.2. The largest absolute Gasteiger partial charge is 0.497 e. The second-order valence-corrected chi connectivity index (χ2v) is 3.98. The number of nitrogens with two attached hydrogens (primary N) is 1. The number of rotatable bonds is 4. The minimum atomic E-state index is -0.144. The lowest BCUT2D eigenvalue weighted by Crippen LogP contribution is -2.03. The van der Waals surface area contributed by atoms with Crippen molar-refractivity contribution in [2.24, 2.45) is 5.73 Å². The Kier molecular flexibility index (Phi) is 3.48. The minimum Gasteiger partial charge on any atom is -0.497 e. The van der Waals surface area contributed by atoms with Gasteiger partial charge in [-0.05, 0) is 42.8 Å². The van der Waals surface area contributed by atoms with Crippen molar-refractivity contribution < 1.29 is 13.9 Å². The van der Waals surface area contributed by atoms with E-state index >= 15 is 0 Å². The number of ketones is 1. The van der Waals surface area contributed by atoms with Gasteiger partial charge in [-0.25, -0.2) is 0 Å². The number of aryl methyl sites for hydroxylation is 1. The maximum atomic E-state index is 12.2. The Morgan fingerprint density at radius 1 is 1.33 bits per heavy atom. The molecule has 18 heavy (non-hydrogen) atoms. The number of furan rings is 1. The van der Waals surface area contributed by atoms with E-state index in [4.69, 9.17) is 14.9 Å². The molecule has 0 aliphatic carbocycles. The molecular formula is C14H15NO3. The molecule has 1 aromatic carbocycles. The third-order valence-electron chi connectivity index (χ3n) is 2.76. The summed E-state index contributed by atoms with van der Waals surface area (Å²) in [5.41, 5.74) is 6.91. The average molecular weight is 245 g/mol. The summed E-state index contributed by atoms with van der Waals surface area (Å²) >= 11 is 0. The van der Waals surface area contributed by atoms with Gasteiger partial charge in [-0.2, -0.15) is 0 Å². The van der Waals surface area contributed by atoms with Crippen molar-refractivity contribution in [3.05, 3.63) is 53.0 Å². The molecule has 0 aliphatic heterocycles. The number of methoxy groups -OCH3 is 1. The molecule has 2 rings (SSSR count). The number of hydrogen-bond donors (Lipinski definition) is 1. The first kappa shape index (κ1) is 12.4. The lowest BCUT2D eigenvalue weighted by atomic mass is 10.0. The Morgan fingerprint density at radius 2 is 2.11 bits per heavy atom. The normalized spacial score (nSPS) is 10.4. The van der Waals surface area contributed by atoms with Crippen LogP contribution in [0.2, 0.25) is 0 Å². The van der Waals surface area contributed by atoms with E-state index in [0.29, 0.717) is 17.1 Å². The SMILES string of the molecule is COc1ccc(C(=O)c2ccc(CN)o2)c(C)c1. The molecule has 0 fully saturated rings. The molecule has 1 aromatic heterocycles. The summed E-state index contributed by atoms with van der Waals surface area (Å²) in [6, 6.07) is 8.68. The highest BCUT2D eigenvalue weighted by molar-refractivity contribution is 6.08. The third-order valence-corrected chi connectivity index (χ3v) is 2.76. The van der Waals surface area contributed by atoms with E-state index in [1.165, 1.54) is 0 Å². The first-order valence-corrected chi connectivity index (χ1v) is 5.64. The summed E-state index contributed by atoms with van der Waals surface area (Å²) in [5, 5.41) is 0. The second-order valence-electron chi connectivity index (χ2n) is 3.98. The summed E-state index contributed by atoms with van der Waals surface area (Å²) in [5.74, 6) is 1.49. The highest BCUT2D eigenvalue weighted by atomic mass is 16.5. The number of carbonyl (C=O) groups is 1. The highest BCUT2D eigenvalue weighted by Crippen LogP contribution is 2.20. The van der Waals surface area contributed by atoms with Gasteiger partial charge in [-0.1, -0.05) is 0 Å². The van der Waals surface area contributed by atoms with Gasteiger partial charge in [-0.3, -0.25) is 4.79 Å². The molecule has 2 aromatic rings. The lowest BCUT2D eigenvalue weighted by molar-refractivity contribution is 0.101. The van der Waals surface area contributed by atoms with Crippen LogP contribution in [0.1, 0.15) is 27.4 Å². The van der Waals surface area contributed by atoms with Crippen LogP contribution in [0.5, 0.6) is 5.75 Å². The van der Waals surface area contributed by atoms with Crippen LogP contribution in [0.15, 0.2) is 34.7 Å². The van der Waals surface area contributed by atoms with Crippen LogP contribution in [0.3, 0.4) is 0 Å². The molecule has 94 valence electrons. The fourth-order valence-electron chi connectivity index (χ4n) is 1.76. The second kappa shape index (κ2) is 5.06. The Hall–Kier alpha value is -2.07. The molecule has 0 atom stereocenters. The molecular weight excluding hydrogens is 230 g/mol. The van der Waals surface area contributed by atoms with Gasteiger partial charge in [0.15, 0.2) is 5.76 Å². The Bertz CT molecular complexity index is 572. The van der Waals surface area contributed by atoms with Crippen molar-refractivity contribution in [1.29, 1.82) is 0 Å². The highest BCUT2D eigenvalue weighted by Gasteiger charge is 2.15. The molecule has 0 radical (unpaired) electrons. The molecule has 0 bridgehead atoms. The standard InChI is InChI=1S/C14H15NO3/c1-9-7-10(17-2)3-5-12(9)14(16)13-6-4-11(8-15)18-13/h3-7H,8,15H2,1-2H3. The molecule has 4 heteroatoms. The van der Waals surface area contributed by atoms with Gasteiger partial charge in [0.1, 0.15) is 11.5 Å². The molecule has 2 N–H and O–H groups in total. The van der Waals surface area contributed by atoms with Gasteiger partial charge in [0, 0.05) is 5.56 Å². The van der Waals surface area contributed by atoms with E-state index < -0.39 is 0 Å². The van der Waals surface area contributed by atoms with E-state index in [1.54, 1.807) is 31.4 Å². The number of ether oxygens (including phenoxy) is 1. The predicted octanol–water partition coefficient (Wildman–Crippen LogP) is 2.29. The maximum Gasteiger partial charge on any atom is 0.228 e. The summed E-state index contributed by atoms with van der Waals surface area (Å²) in [6.45, 7) is 2.15. The van der Waals surface area contributed by atoms with E-state index in [2.05, 4.69) is 0 Å². The smallest absolute Gasteiger partial charge is 0.228 e. The van der Waals surface area contributed by atoms with Crippen LogP contribution in [-0.2, 0) is 6.54 Å². The number of carbonyl (C=O) groups excluding carboxylic acids is 1. The van der Waals surface area contributed by atoms with Crippen LogP contribution in [0.25, 0.3) is 0 Å². The molecule has 0 spiro atoms. The van der Waals surface area contributed by atoms with Crippen molar-refractivity contribution >= 4 is 5.78 Å². The molecule has 4 nitrogen and oxygen atoms in total. The van der Waals surface area contributed by atoms with E-state index in [1.807, 2.05) is 13.0 Å².